The van der Waals surface area contributed by atoms with Crippen LogP contribution in [0.2, 0.25) is 5.02 Å². The van der Waals surface area contributed by atoms with E-state index in [1.165, 1.54) is 0 Å². The fraction of sp³-hybridized carbons (Fsp3) is 0.0800. The monoisotopic (exact) mass is 385 g/mol. The van der Waals surface area contributed by atoms with Crippen LogP contribution in [0.5, 0.6) is 0 Å². The minimum atomic E-state index is -0.140. The van der Waals surface area contributed by atoms with Crippen molar-refractivity contribution in [1.82, 2.24) is 0 Å². The van der Waals surface area contributed by atoms with Gasteiger partial charge in [-0.05, 0) is 40.6 Å². The van der Waals surface area contributed by atoms with Crippen molar-refractivity contribution in [2.75, 3.05) is 5.32 Å². The predicted molar refractivity (Wildman–Crippen MR) is 117 cm³/mol. The van der Waals surface area contributed by atoms with E-state index in [1.807, 2.05) is 91.0 Å². The molecule has 0 aliphatic carbocycles. The summed E-state index contributed by atoms with van der Waals surface area (Å²) in [6, 6.07) is 31.4. The average Bonchev–Trinajstić information content (AvgIpc) is 2.73. The molecule has 1 atom stereocenters. The summed E-state index contributed by atoms with van der Waals surface area (Å²) in [4.78, 5) is 13.1. The molecular weight excluding hydrogens is 366 g/mol. The predicted octanol–water partition coefficient (Wildman–Crippen LogP) is 6.92. The molecule has 0 heterocycles. The number of anilines is 1. The van der Waals surface area contributed by atoms with Gasteiger partial charge in [-0.2, -0.15) is 0 Å². The van der Waals surface area contributed by atoms with E-state index in [0.29, 0.717) is 11.4 Å². The molecule has 0 bridgehead atoms. The van der Waals surface area contributed by atoms with E-state index in [1.54, 1.807) is 0 Å². The summed E-state index contributed by atoms with van der Waals surface area (Å²) in [7, 11) is 0. The first-order valence-electron chi connectivity index (χ1n) is 9.28. The number of rotatable bonds is 6. The minimum absolute atomic E-state index is 0.106. The lowest BCUT2D eigenvalue weighted by Gasteiger charge is -2.20. The summed E-state index contributed by atoms with van der Waals surface area (Å²) >= 11 is 6.12. The van der Waals surface area contributed by atoms with E-state index in [0.717, 1.165) is 27.6 Å². The molecule has 0 saturated heterocycles. The molecule has 0 spiro atoms. The maximum absolute atomic E-state index is 13.1. The Morgan fingerprint density at radius 3 is 2.32 bits per heavy atom. The van der Waals surface area contributed by atoms with Crippen LogP contribution < -0.4 is 5.32 Å². The van der Waals surface area contributed by atoms with Gasteiger partial charge in [0.05, 0.1) is 6.04 Å². The van der Waals surface area contributed by atoms with E-state index in [9.17, 15) is 4.79 Å². The molecule has 2 nitrogen and oxygen atoms in total. The second kappa shape index (κ2) is 8.28. The summed E-state index contributed by atoms with van der Waals surface area (Å²) in [6.07, 6.45) is 0.356. The molecule has 4 aromatic carbocycles. The van der Waals surface area contributed by atoms with Crippen molar-refractivity contribution in [2.45, 2.75) is 12.5 Å². The fourth-order valence-corrected chi connectivity index (χ4v) is 3.57. The Balaban J connectivity index is 1.61. The van der Waals surface area contributed by atoms with Gasteiger partial charge in [0, 0.05) is 22.7 Å². The first-order valence-corrected chi connectivity index (χ1v) is 9.66. The van der Waals surface area contributed by atoms with Gasteiger partial charge in [0.2, 0.25) is 0 Å². The van der Waals surface area contributed by atoms with Crippen molar-refractivity contribution >= 4 is 33.8 Å². The molecule has 4 aromatic rings. The molecule has 0 fully saturated rings. The molecule has 28 heavy (non-hydrogen) atoms. The van der Waals surface area contributed by atoms with Gasteiger partial charge >= 0.3 is 0 Å². The Labute approximate surface area is 169 Å². The van der Waals surface area contributed by atoms with Crippen molar-refractivity contribution in [3.8, 4) is 0 Å². The fourth-order valence-electron chi connectivity index (χ4n) is 3.38. The van der Waals surface area contributed by atoms with Crippen LogP contribution in [0, 0.1) is 0 Å². The van der Waals surface area contributed by atoms with Gasteiger partial charge < -0.3 is 5.32 Å². The third kappa shape index (κ3) is 4.24. The summed E-state index contributed by atoms with van der Waals surface area (Å²) in [5.74, 6) is 0.106. The maximum atomic E-state index is 13.1. The maximum Gasteiger partial charge on any atom is 0.165 e. The lowest BCUT2D eigenvalue weighted by molar-refractivity contribution is 0.0976. The highest BCUT2D eigenvalue weighted by Crippen LogP contribution is 2.27. The van der Waals surface area contributed by atoms with Crippen molar-refractivity contribution in [2.24, 2.45) is 0 Å². The largest absolute Gasteiger partial charge is 0.378 e. The first-order chi connectivity index (χ1) is 13.7. The number of halogens is 1. The molecule has 4 rings (SSSR count). The van der Waals surface area contributed by atoms with Gasteiger partial charge in [-0.1, -0.05) is 84.4 Å². The third-order valence-corrected chi connectivity index (χ3v) is 5.06. The molecule has 1 N–H and O–H groups in total. The average molecular weight is 386 g/mol. The Morgan fingerprint density at radius 1 is 0.786 bits per heavy atom. The molecule has 1 unspecified atom stereocenters. The van der Waals surface area contributed by atoms with Gasteiger partial charge in [0.15, 0.2) is 5.78 Å². The van der Waals surface area contributed by atoms with Crippen LogP contribution in [0.1, 0.15) is 28.4 Å². The van der Waals surface area contributed by atoms with Crippen molar-refractivity contribution in [1.29, 1.82) is 0 Å². The van der Waals surface area contributed by atoms with E-state index < -0.39 is 0 Å². The van der Waals surface area contributed by atoms with Crippen molar-refractivity contribution < 1.29 is 4.79 Å². The summed E-state index contributed by atoms with van der Waals surface area (Å²) in [5.41, 5.74) is 2.69. The van der Waals surface area contributed by atoms with Crippen LogP contribution in [-0.2, 0) is 0 Å². The van der Waals surface area contributed by atoms with Gasteiger partial charge in [-0.25, -0.2) is 0 Å². The molecule has 3 heteroatoms. The van der Waals surface area contributed by atoms with Crippen LogP contribution in [0.15, 0.2) is 97.1 Å². The molecule has 138 valence electrons. The second-order valence-corrected chi connectivity index (χ2v) is 7.24. The van der Waals surface area contributed by atoms with E-state index in [2.05, 4.69) is 11.4 Å². The molecule has 0 saturated carbocycles. The van der Waals surface area contributed by atoms with Gasteiger partial charge in [0.1, 0.15) is 0 Å². The molecule has 0 aromatic heterocycles. The number of hydrogen-bond donors (Lipinski definition) is 1. The molecule has 0 aliphatic rings. The van der Waals surface area contributed by atoms with Crippen LogP contribution >= 0.6 is 11.6 Å². The molecule has 0 amide bonds. The van der Waals surface area contributed by atoms with Gasteiger partial charge in [0.25, 0.3) is 0 Å². The normalized spacial score (nSPS) is 11.9. The van der Waals surface area contributed by atoms with E-state index in [4.69, 9.17) is 11.6 Å². The number of benzene rings is 4. The minimum Gasteiger partial charge on any atom is -0.378 e. The second-order valence-electron chi connectivity index (χ2n) is 6.81. The highest BCUT2D eigenvalue weighted by Gasteiger charge is 2.17. The lowest BCUT2D eigenvalue weighted by atomic mass is 9.96. The number of Topliss-reactive ketones (excluding diaryl/α,β-unsaturated/α-hetero) is 1. The Morgan fingerprint density at radius 2 is 1.54 bits per heavy atom. The van der Waals surface area contributed by atoms with E-state index in [-0.39, 0.29) is 11.8 Å². The van der Waals surface area contributed by atoms with Crippen molar-refractivity contribution in [3.05, 3.63) is 113 Å². The van der Waals surface area contributed by atoms with E-state index >= 15 is 0 Å². The van der Waals surface area contributed by atoms with Crippen LogP contribution in [0.25, 0.3) is 10.8 Å². The molecular formula is C25H20ClNO. The lowest BCUT2D eigenvalue weighted by Crippen LogP contribution is -2.15. The van der Waals surface area contributed by atoms with Crippen molar-refractivity contribution in [3.63, 3.8) is 0 Å². The number of carbonyl (C=O) groups is 1. The summed E-state index contributed by atoms with van der Waals surface area (Å²) < 4.78 is 0. The quantitative estimate of drug-likeness (QED) is 0.365. The highest BCUT2D eigenvalue weighted by atomic mass is 35.5. The topological polar surface area (TPSA) is 29.1 Å². The Bertz CT molecular complexity index is 1110. The van der Waals surface area contributed by atoms with Gasteiger partial charge in [-0.3, -0.25) is 4.79 Å². The zero-order chi connectivity index (χ0) is 19.3. The molecule has 0 radical (unpaired) electrons. The zero-order valence-corrected chi connectivity index (χ0v) is 16.1. The number of carbonyl (C=O) groups excluding carboxylic acids is 1. The van der Waals surface area contributed by atoms with Crippen LogP contribution in [0.4, 0.5) is 5.69 Å². The third-order valence-electron chi connectivity index (χ3n) is 4.83. The Hall–Kier alpha value is -3.10. The van der Waals surface area contributed by atoms with Crippen LogP contribution in [-0.4, -0.2) is 5.78 Å². The highest BCUT2D eigenvalue weighted by molar-refractivity contribution is 6.30. The zero-order valence-electron chi connectivity index (χ0n) is 15.3. The Kier molecular flexibility index (Phi) is 5.41. The number of nitrogens with one attached hydrogen (secondary N) is 1. The summed E-state index contributed by atoms with van der Waals surface area (Å²) in [6.45, 7) is 0. The summed E-state index contributed by atoms with van der Waals surface area (Å²) in [5, 5.41) is 6.34. The SMILES string of the molecule is O=C(CC(Nc1cccc(Cl)c1)c1ccccc1)c1ccc2ccccc2c1. The van der Waals surface area contributed by atoms with Gasteiger partial charge in [-0.15, -0.1) is 0 Å². The standard InChI is InChI=1S/C25H20ClNO/c26-22-11-6-12-23(16-22)27-24(19-8-2-1-3-9-19)17-25(28)21-14-13-18-7-4-5-10-20(18)15-21/h1-16,24,27H,17H2. The number of ketones is 1. The molecule has 0 aliphatic heterocycles. The number of hydrogen-bond acceptors (Lipinski definition) is 2. The number of fused-ring (bicyclic) bond motifs is 1. The first kappa shape index (κ1) is 18.3. The van der Waals surface area contributed by atoms with Crippen LogP contribution in [0.3, 0.4) is 0 Å². The smallest absolute Gasteiger partial charge is 0.165 e.